The van der Waals surface area contributed by atoms with Gasteiger partial charge in [-0.2, -0.15) is 0 Å². The van der Waals surface area contributed by atoms with E-state index in [1.54, 1.807) is 6.21 Å². The van der Waals surface area contributed by atoms with Gasteiger partial charge in [0.25, 0.3) is 0 Å². The molecule has 0 saturated carbocycles. The standard InChI is InChI=1S/C6H5NS/c1-6-2-4-7-8-5-3-6/h2,4H,1H3. The summed E-state index contributed by atoms with van der Waals surface area (Å²) in [6, 6.07) is 0. The first-order chi connectivity index (χ1) is 3.89. The van der Waals surface area contributed by atoms with Gasteiger partial charge in [0, 0.05) is 11.8 Å². The van der Waals surface area contributed by atoms with Crippen molar-refractivity contribution in [2.45, 2.75) is 6.92 Å². The highest BCUT2D eigenvalue weighted by molar-refractivity contribution is 8.02. The van der Waals surface area contributed by atoms with Gasteiger partial charge in [0.05, 0.1) is 11.9 Å². The molecule has 1 nitrogen and oxygen atoms in total. The summed E-state index contributed by atoms with van der Waals surface area (Å²) in [5.41, 5.74) is 1.07. The fraction of sp³-hybridized carbons (Fsp3) is 0.167. The van der Waals surface area contributed by atoms with Gasteiger partial charge >= 0.3 is 0 Å². The quantitative estimate of drug-likeness (QED) is 0.352. The predicted octanol–water partition coefficient (Wildman–Crippen LogP) is 1.63. The molecule has 2 heteroatoms. The zero-order chi connectivity index (χ0) is 5.82. The van der Waals surface area contributed by atoms with Crippen molar-refractivity contribution in [3.05, 3.63) is 11.6 Å². The number of hydrogen-bond donors (Lipinski definition) is 0. The first kappa shape index (κ1) is 5.46. The molecule has 0 aliphatic carbocycles. The van der Waals surface area contributed by atoms with Crippen LogP contribution in [0.3, 0.4) is 0 Å². The van der Waals surface area contributed by atoms with Crippen molar-refractivity contribution in [3.8, 4) is 11.2 Å². The third-order valence-corrected chi connectivity index (χ3v) is 1.15. The van der Waals surface area contributed by atoms with Gasteiger partial charge in [-0.25, -0.2) is 4.40 Å². The summed E-state index contributed by atoms with van der Waals surface area (Å²) in [4.78, 5) is 0. The number of hydrogen-bond acceptors (Lipinski definition) is 2. The van der Waals surface area contributed by atoms with Crippen molar-refractivity contribution in [1.82, 2.24) is 0 Å². The van der Waals surface area contributed by atoms with Crippen LogP contribution in [-0.2, 0) is 0 Å². The molecule has 0 unspecified atom stereocenters. The minimum absolute atomic E-state index is 1.07. The molecule has 0 aromatic heterocycles. The molecule has 1 aliphatic rings. The van der Waals surface area contributed by atoms with Crippen molar-refractivity contribution in [3.63, 3.8) is 0 Å². The topological polar surface area (TPSA) is 12.4 Å². The van der Waals surface area contributed by atoms with Crippen LogP contribution in [0, 0.1) is 11.2 Å². The zero-order valence-electron chi connectivity index (χ0n) is 4.51. The molecule has 1 aliphatic heterocycles. The van der Waals surface area contributed by atoms with E-state index in [9.17, 15) is 0 Å². The van der Waals surface area contributed by atoms with E-state index in [2.05, 4.69) is 15.6 Å². The van der Waals surface area contributed by atoms with Crippen molar-refractivity contribution in [2.75, 3.05) is 0 Å². The van der Waals surface area contributed by atoms with E-state index in [1.807, 2.05) is 13.0 Å². The van der Waals surface area contributed by atoms with Crippen molar-refractivity contribution >= 4 is 18.2 Å². The molecule has 0 aromatic carbocycles. The van der Waals surface area contributed by atoms with E-state index in [4.69, 9.17) is 0 Å². The molecule has 0 amide bonds. The maximum atomic E-state index is 3.86. The van der Waals surface area contributed by atoms with Crippen LogP contribution in [0.1, 0.15) is 6.92 Å². The Hall–Kier alpha value is -0.680. The molecule has 0 bridgehead atoms. The summed E-state index contributed by atoms with van der Waals surface area (Å²) in [7, 11) is 0. The molecule has 0 radical (unpaired) electrons. The zero-order valence-corrected chi connectivity index (χ0v) is 5.33. The van der Waals surface area contributed by atoms with Crippen LogP contribution in [0.4, 0.5) is 0 Å². The third-order valence-electron chi connectivity index (χ3n) is 0.732. The first-order valence-corrected chi connectivity index (χ1v) is 3.04. The summed E-state index contributed by atoms with van der Waals surface area (Å²) < 4.78 is 3.86. The lowest BCUT2D eigenvalue weighted by atomic mass is 10.3. The van der Waals surface area contributed by atoms with E-state index < -0.39 is 0 Å². The normalized spacial score (nSPS) is 15.9. The Bertz CT molecular complexity index is 192. The molecule has 8 heavy (non-hydrogen) atoms. The second kappa shape index (κ2) is 2.58. The maximum Gasteiger partial charge on any atom is 0.0630 e. The summed E-state index contributed by atoms with van der Waals surface area (Å²) in [6.07, 6.45) is 3.64. The Morgan fingerprint density at radius 1 is 1.75 bits per heavy atom. The van der Waals surface area contributed by atoms with E-state index in [0.717, 1.165) is 5.57 Å². The largest absolute Gasteiger partial charge is 0.211 e. The monoisotopic (exact) mass is 123 g/mol. The van der Waals surface area contributed by atoms with Crippen molar-refractivity contribution < 1.29 is 0 Å². The lowest BCUT2D eigenvalue weighted by Crippen LogP contribution is -1.65. The van der Waals surface area contributed by atoms with Crippen LogP contribution in [0.5, 0.6) is 0 Å². The van der Waals surface area contributed by atoms with Crippen LogP contribution in [0.25, 0.3) is 0 Å². The van der Waals surface area contributed by atoms with Gasteiger partial charge in [-0.05, 0) is 18.3 Å². The van der Waals surface area contributed by atoms with Crippen LogP contribution in [0.15, 0.2) is 16.0 Å². The molecule has 0 aromatic rings. The Morgan fingerprint density at radius 3 is 3.50 bits per heavy atom. The summed E-state index contributed by atoms with van der Waals surface area (Å²) >= 11 is 1.28. The Balaban J connectivity index is 2.80. The molecule has 0 fully saturated rings. The van der Waals surface area contributed by atoms with Gasteiger partial charge in [-0.3, -0.25) is 0 Å². The van der Waals surface area contributed by atoms with Crippen LogP contribution in [0.2, 0.25) is 0 Å². The lowest BCUT2D eigenvalue weighted by molar-refractivity contribution is 1.61. The van der Waals surface area contributed by atoms with E-state index in [-0.39, 0.29) is 0 Å². The number of rotatable bonds is 0. The molecule has 0 N–H and O–H groups in total. The second-order valence-corrected chi connectivity index (χ2v) is 2.02. The van der Waals surface area contributed by atoms with Gasteiger partial charge in [0.15, 0.2) is 0 Å². The van der Waals surface area contributed by atoms with E-state index >= 15 is 0 Å². The lowest BCUT2D eigenvalue weighted by Gasteiger charge is -1.74. The Kier molecular flexibility index (Phi) is 1.76. The molecule has 0 spiro atoms. The predicted molar refractivity (Wildman–Crippen MR) is 37.6 cm³/mol. The summed E-state index contributed by atoms with van der Waals surface area (Å²) in [5.74, 6) is 2.89. The average molecular weight is 123 g/mol. The van der Waals surface area contributed by atoms with Crippen LogP contribution >= 0.6 is 11.9 Å². The molecule has 0 atom stereocenters. The van der Waals surface area contributed by atoms with E-state index in [0.29, 0.717) is 0 Å². The fourth-order valence-electron chi connectivity index (χ4n) is 0.344. The van der Waals surface area contributed by atoms with Gasteiger partial charge < -0.3 is 0 Å². The molecule has 1 heterocycles. The number of allylic oxidation sites excluding steroid dienone is 2. The second-order valence-electron chi connectivity index (χ2n) is 1.42. The third kappa shape index (κ3) is 1.43. The Labute approximate surface area is 53.0 Å². The van der Waals surface area contributed by atoms with Gasteiger partial charge in [-0.1, -0.05) is 5.92 Å². The highest BCUT2D eigenvalue weighted by Gasteiger charge is 1.80. The molecule has 40 valence electrons. The van der Waals surface area contributed by atoms with Gasteiger partial charge in [-0.15, -0.1) is 0 Å². The smallest absolute Gasteiger partial charge is 0.0630 e. The minimum Gasteiger partial charge on any atom is -0.211 e. The minimum atomic E-state index is 1.07. The van der Waals surface area contributed by atoms with Crippen molar-refractivity contribution in [2.24, 2.45) is 4.40 Å². The number of nitrogens with zero attached hydrogens (tertiary/aromatic N) is 1. The highest BCUT2D eigenvalue weighted by Crippen LogP contribution is 2.01. The van der Waals surface area contributed by atoms with Crippen LogP contribution in [-0.4, -0.2) is 6.21 Å². The first-order valence-electron chi connectivity index (χ1n) is 2.27. The van der Waals surface area contributed by atoms with Crippen LogP contribution < -0.4 is 0 Å². The molecular weight excluding hydrogens is 118 g/mol. The molecular formula is C6H5NS. The fourth-order valence-corrected chi connectivity index (χ4v) is 0.725. The molecule has 1 rings (SSSR count). The van der Waals surface area contributed by atoms with Crippen molar-refractivity contribution in [1.29, 1.82) is 0 Å². The molecule has 0 saturated heterocycles. The highest BCUT2D eigenvalue weighted by atomic mass is 32.2. The Morgan fingerprint density at radius 2 is 2.62 bits per heavy atom. The van der Waals surface area contributed by atoms with E-state index in [1.165, 1.54) is 11.9 Å². The van der Waals surface area contributed by atoms with Gasteiger partial charge in [0.1, 0.15) is 0 Å². The van der Waals surface area contributed by atoms with Gasteiger partial charge in [0.2, 0.25) is 0 Å². The average Bonchev–Trinajstić information content (AvgIpc) is 1.94. The summed E-state index contributed by atoms with van der Waals surface area (Å²) in [5, 5.41) is 2.80. The SMILES string of the molecule is CC1=CC=NSC#C1. The summed E-state index contributed by atoms with van der Waals surface area (Å²) in [6.45, 7) is 1.96. The maximum absolute atomic E-state index is 3.86.